The van der Waals surface area contributed by atoms with Crippen molar-refractivity contribution in [3.05, 3.63) is 29.8 Å². The number of hydrogen-bond acceptors (Lipinski definition) is 2. The predicted molar refractivity (Wildman–Crippen MR) is 88.8 cm³/mol. The number of piperazine rings is 1. The second kappa shape index (κ2) is 5.64. The highest BCUT2D eigenvalue weighted by molar-refractivity contribution is 5.53. The molecule has 2 bridgehead atoms. The summed E-state index contributed by atoms with van der Waals surface area (Å²) in [5.74, 6) is 2.10. The number of rotatable bonds is 2. The van der Waals surface area contributed by atoms with E-state index < -0.39 is 0 Å². The van der Waals surface area contributed by atoms with Crippen LogP contribution in [0.1, 0.15) is 37.7 Å². The fourth-order valence-electron chi connectivity index (χ4n) is 5.06. The first kappa shape index (κ1) is 13.6. The van der Waals surface area contributed by atoms with E-state index in [1.165, 1.54) is 69.5 Å². The Labute approximate surface area is 129 Å². The Morgan fingerprint density at radius 2 is 1.67 bits per heavy atom. The van der Waals surface area contributed by atoms with Crippen molar-refractivity contribution in [2.75, 3.05) is 31.1 Å². The summed E-state index contributed by atoms with van der Waals surface area (Å²) in [6.45, 7) is 7.18. The molecule has 3 aliphatic rings. The summed E-state index contributed by atoms with van der Waals surface area (Å²) in [7, 11) is 0. The number of fused-ring (bicyclic) bond motifs is 2. The van der Waals surface area contributed by atoms with Gasteiger partial charge in [-0.3, -0.25) is 4.90 Å². The highest BCUT2D eigenvalue weighted by Crippen LogP contribution is 2.44. The van der Waals surface area contributed by atoms with E-state index in [9.17, 15) is 0 Å². The van der Waals surface area contributed by atoms with E-state index in [-0.39, 0.29) is 0 Å². The molecule has 0 aromatic heterocycles. The lowest BCUT2D eigenvalue weighted by Crippen LogP contribution is -2.53. The van der Waals surface area contributed by atoms with Crippen LogP contribution in [-0.4, -0.2) is 37.1 Å². The molecule has 0 amide bonds. The minimum Gasteiger partial charge on any atom is -0.369 e. The first-order valence-electron chi connectivity index (χ1n) is 8.86. The second-order valence-corrected chi connectivity index (χ2v) is 7.39. The number of hydrogen-bond donors (Lipinski definition) is 0. The summed E-state index contributed by atoms with van der Waals surface area (Å²) in [6.07, 6.45) is 7.53. The maximum absolute atomic E-state index is 2.82. The number of benzene rings is 1. The van der Waals surface area contributed by atoms with Crippen molar-refractivity contribution >= 4 is 5.69 Å². The molecule has 3 fully saturated rings. The van der Waals surface area contributed by atoms with E-state index in [1.54, 1.807) is 0 Å². The number of nitrogens with zero attached hydrogens (tertiary/aromatic N) is 2. The Morgan fingerprint density at radius 3 is 2.48 bits per heavy atom. The van der Waals surface area contributed by atoms with Crippen LogP contribution in [0.5, 0.6) is 0 Å². The third-order valence-corrected chi connectivity index (χ3v) is 6.24. The molecule has 0 spiro atoms. The van der Waals surface area contributed by atoms with Crippen LogP contribution in [0.4, 0.5) is 5.69 Å². The van der Waals surface area contributed by atoms with Gasteiger partial charge in [0.2, 0.25) is 0 Å². The third-order valence-electron chi connectivity index (χ3n) is 6.24. The van der Waals surface area contributed by atoms with Gasteiger partial charge >= 0.3 is 0 Å². The molecule has 2 nitrogen and oxygen atoms in total. The maximum Gasteiger partial charge on any atom is 0.0396 e. The van der Waals surface area contributed by atoms with Gasteiger partial charge < -0.3 is 4.90 Å². The van der Waals surface area contributed by atoms with Crippen LogP contribution in [0.2, 0.25) is 0 Å². The minimum absolute atomic E-state index is 0.905. The van der Waals surface area contributed by atoms with E-state index in [0.717, 1.165) is 17.9 Å². The lowest BCUT2D eigenvalue weighted by molar-refractivity contribution is 0.103. The normalized spacial score (nSPS) is 33.4. The molecule has 1 aromatic rings. The molecule has 1 aliphatic heterocycles. The monoisotopic (exact) mass is 284 g/mol. The third kappa shape index (κ3) is 2.59. The molecule has 4 rings (SSSR count). The van der Waals surface area contributed by atoms with Crippen molar-refractivity contribution in [2.24, 2.45) is 11.8 Å². The van der Waals surface area contributed by atoms with Gasteiger partial charge in [0.25, 0.3) is 0 Å². The van der Waals surface area contributed by atoms with Gasteiger partial charge in [0.05, 0.1) is 0 Å². The Morgan fingerprint density at radius 1 is 0.905 bits per heavy atom. The standard InChI is InChI=1S/C19H28N2/c1-15-4-2-3-5-18(15)20-10-12-21(13-11-20)19-9-7-16-6-8-17(19)14-16/h2-5,16-17,19H,6-14H2,1H3/t16-,17+,19+/m1/s1. The Kier molecular flexibility index (Phi) is 3.66. The van der Waals surface area contributed by atoms with Gasteiger partial charge in [-0.2, -0.15) is 0 Å². The second-order valence-electron chi connectivity index (χ2n) is 7.39. The van der Waals surface area contributed by atoms with Gasteiger partial charge in [-0.05, 0) is 56.1 Å². The number of anilines is 1. The molecule has 1 heterocycles. The minimum atomic E-state index is 0.905. The number of para-hydroxylation sites is 1. The molecular weight excluding hydrogens is 256 g/mol. The van der Waals surface area contributed by atoms with Crippen LogP contribution < -0.4 is 4.90 Å². The molecule has 0 N–H and O–H groups in total. The van der Waals surface area contributed by atoms with Gasteiger partial charge in [0.15, 0.2) is 0 Å². The Hall–Kier alpha value is -1.02. The summed E-state index contributed by atoms with van der Waals surface area (Å²) in [4.78, 5) is 5.41. The summed E-state index contributed by atoms with van der Waals surface area (Å²) in [5, 5.41) is 0. The predicted octanol–water partition coefficient (Wildman–Crippen LogP) is 3.70. The van der Waals surface area contributed by atoms with E-state index in [0.29, 0.717) is 0 Å². The molecule has 114 valence electrons. The molecule has 2 saturated carbocycles. The maximum atomic E-state index is 2.82. The lowest BCUT2D eigenvalue weighted by atomic mass is 9.84. The molecule has 2 heteroatoms. The summed E-state index contributed by atoms with van der Waals surface area (Å²) in [5.41, 5.74) is 2.86. The van der Waals surface area contributed by atoms with Crippen molar-refractivity contribution in [1.29, 1.82) is 0 Å². The molecule has 2 aliphatic carbocycles. The van der Waals surface area contributed by atoms with Crippen LogP contribution in [0.15, 0.2) is 24.3 Å². The van der Waals surface area contributed by atoms with Crippen LogP contribution >= 0.6 is 0 Å². The number of aryl methyl sites for hydroxylation is 1. The van der Waals surface area contributed by atoms with E-state index in [1.807, 2.05) is 0 Å². The fraction of sp³-hybridized carbons (Fsp3) is 0.684. The van der Waals surface area contributed by atoms with E-state index in [4.69, 9.17) is 0 Å². The zero-order valence-corrected chi connectivity index (χ0v) is 13.3. The Balaban J connectivity index is 1.39. The average molecular weight is 284 g/mol. The molecule has 3 atom stereocenters. The molecule has 0 radical (unpaired) electrons. The van der Waals surface area contributed by atoms with Gasteiger partial charge in [0, 0.05) is 37.9 Å². The molecule has 1 aromatic carbocycles. The highest BCUT2D eigenvalue weighted by Gasteiger charge is 2.39. The largest absolute Gasteiger partial charge is 0.369 e. The zero-order valence-electron chi connectivity index (χ0n) is 13.3. The highest BCUT2D eigenvalue weighted by atomic mass is 15.3. The van der Waals surface area contributed by atoms with Gasteiger partial charge in [-0.1, -0.05) is 24.6 Å². The molecule has 21 heavy (non-hydrogen) atoms. The molecule has 1 saturated heterocycles. The lowest BCUT2D eigenvalue weighted by Gasteiger charge is -2.44. The van der Waals surface area contributed by atoms with Crippen LogP contribution in [0.3, 0.4) is 0 Å². The topological polar surface area (TPSA) is 6.48 Å². The average Bonchev–Trinajstić information content (AvgIpc) is 2.90. The molecule has 0 unspecified atom stereocenters. The van der Waals surface area contributed by atoms with E-state index >= 15 is 0 Å². The van der Waals surface area contributed by atoms with Crippen molar-refractivity contribution in [3.8, 4) is 0 Å². The fourth-order valence-corrected chi connectivity index (χ4v) is 5.06. The van der Waals surface area contributed by atoms with Crippen LogP contribution in [-0.2, 0) is 0 Å². The van der Waals surface area contributed by atoms with Gasteiger partial charge in [-0.25, -0.2) is 0 Å². The van der Waals surface area contributed by atoms with E-state index in [2.05, 4.69) is 41.0 Å². The smallest absolute Gasteiger partial charge is 0.0396 e. The van der Waals surface area contributed by atoms with Gasteiger partial charge in [-0.15, -0.1) is 0 Å². The Bertz CT molecular complexity index is 490. The van der Waals surface area contributed by atoms with Crippen molar-refractivity contribution in [1.82, 2.24) is 4.90 Å². The van der Waals surface area contributed by atoms with Crippen LogP contribution in [0, 0.1) is 18.8 Å². The van der Waals surface area contributed by atoms with Crippen LogP contribution in [0.25, 0.3) is 0 Å². The van der Waals surface area contributed by atoms with Crippen molar-refractivity contribution < 1.29 is 0 Å². The first-order valence-corrected chi connectivity index (χ1v) is 8.86. The SMILES string of the molecule is Cc1ccccc1N1CCN([C@H]2CC[C@H]3CC[C@H]2C3)CC1. The summed E-state index contributed by atoms with van der Waals surface area (Å²) in [6, 6.07) is 9.75. The van der Waals surface area contributed by atoms with Crippen molar-refractivity contribution in [2.45, 2.75) is 45.1 Å². The summed E-state index contributed by atoms with van der Waals surface area (Å²) >= 11 is 0. The zero-order chi connectivity index (χ0) is 14.2. The molecular formula is C19H28N2. The quantitative estimate of drug-likeness (QED) is 0.817. The first-order chi connectivity index (χ1) is 10.3. The van der Waals surface area contributed by atoms with Gasteiger partial charge in [0.1, 0.15) is 0 Å². The van der Waals surface area contributed by atoms with Crippen molar-refractivity contribution in [3.63, 3.8) is 0 Å². The summed E-state index contributed by atoms with van der Waals surface area (Å²) < 4.78 is 0.